The van der Waals surface area contributed by atoms with Crippen molar-refractivity contribution in [3.05, 3.63) is 35.9 Å². The van der Waals surface area contributed by atoms with Crippen LogP contribution >= 0.6 is 0 Å². The van der Waals surface area contributed by atoms with E-state index in [1.165, 1.54) is 0 Å². The van der Waals surface area contributed by atoms with E-state index in [4.69, 9.17) is 0 Å². The minimum atomic E-state index is 0.299. The molecular weight excluding hydrogens is 178 g/mol. The Bertz CT molecular complexity index is 275. The fraction of sp³-hybridized carbons (Fsp3) is 0.273. The maximum atomic E-state index is 10.3. The van der Waals surface area contributed by atoms with Gasteiger partial charge < -0.3 is 9.59 Å². The summed E-state index contributed by atoms with van der Waals surface area (Å²) < 4.78 is 0. The van der Waals surface area contributed by atoms with Crippen molar-refractivity contribution in [3.63, 3.8) is 0 Å². The van der Waals surface area contributed by atoms with Crippen molar-refractivity contribution >= 4 is 12.6 Å². The highest BCUT2D eigenvalue weighted by molar-refractivity contribution is 5.56. The van der Waals surface area contributed by atoms with Crippen molar-refractivity contribution in [2.75, 3.05) is 13.1 Å². The average Bonchev–Trinajstić information content (AvgIpc) is 2.20. The quantitative estimate of drug-likeness (QED) is 0.626. The average molecular weight is 191 g/mol. The Hall–Kier alpha value is -1.48. The Morgan fingerprint density at radius 1 is 1.00 bits per heavy atom. The van der Waals surface area contributed by atoms with E-state index in [1.54, 1.807) is 4.90 Å². The first-order valence-electron chi connectivity index (χ1n) is 4.50. The molecule has 1 aromatic rings. The summed E-state index contributed by atoms with van der Waals surface area (Å²) in [5.74, 6) is 0. The maximum Gasteiger partial charge on any atom is 0.134 e. The van der Waals surface area contributed by atoms with Gasteiger partial charge in [0.15, 0.2) is 0 Å². The standard InChI is InChI=1S/C11H13NO2/c13-8-6-12(7-9-14)10-11-4-2-1-3-5-11/h1-5,8-9H,6-7,10H2. The van der Waals surface area contributed by atoms with Crippen molar-refractivity contribution in [2.45, 2.75) is 6.54 Å². The van der Waals surface area contributed by atoms with Gasteiger partial charge in [0.1, 0.15) is 12.6 Å². The highest BCUT2D eigenvalue weighted by Gasteiger charge is 2.03. The molecule has 0 spiro atoms. The van der Waals surface area contributed by atoms with Crippen LogP contribution in [0, 0.1) is 0 Å². The van der Waals surface area contributed by atoms with Crippen LogP contribution in [0.15, 0.2) is 30.3 Å². The van der Waals surface area contributed by atoms with Gasteiger partial charge in [-0.15, -0.1) is 0 Å². The molecule has 74 valence electrons. The summed E-state index contributed by atoms with van der Waals surface area (Å²) in [7, 11) is 0. The lowest BCUT2D eigenvalue weighted by atomic mass is 10.2. The summed E-state index contributed by atoms with van der Waals surface area (Å²) in [6, 6.07) is 9.77. The molecule has 1 aromatic carbocycles. The van der Waals surface area contributed by atoms with Gasteiger partial charge in [0.05, 0.1) is 13.1 Å². The fourth-order valence-corrected chi connectivity index (χ4v) is 1.26. The van der Waals surface area contributed by atoms with Crippen LogP contribution in [0.3, 0.4) is 0 Å². The molecule has 0 aliphatic rings. The molecule has 0 radical (unpaired) electrons. The van der Waals surface area contributed by atoms with Crippen LogP contribution in [0.2, 0.25) is 0 Å². The van der Waals surface area contributed by atoms with Crippen LogP contribution < -0.4 is 0 Å². The zero-order valence-corrected chi connectivity index (χ0v) is 7.93. The van der Waals surface area contributed by atoms with Crippen molar-refractivity contribution in [2.24, 2.45) is 0 Å². The molecule has 0 amide bonds. The molecule has 1 rings (SSSR count). The molecule has 0 saturated heterocycles. The molecular formula is C11H13NO2. The van der Waals surface area contributed by atoms with E-state index in [-0.39, 0.29) is 0 Å². The third-order valence-corrected chi connectivity index (χ3v) is 1.91. The smallest absolute Gasteiger partial charge is 0.134 e. The summed E-state index contributed by atoms with van der Waals surface area (Å²) in [6.45, 7) is 1.24. The van der Waals surface area contributed by atoms with Crippen molar-refractivity contribution < 1.29 is 9.59 Å². The number of hydrogen-bond donors (Lipinski definition) is 0. The zero-order valence-electron chi connectivity index (χ0n) is 7.93. The summed E-state index contributed by atoms with van der Waals surface area (Å²) in [4.78, 5) is 22.4. The predicted octanol–water partition coefficient (Wildman–Crippen LogP) is 0.886. The van der Waals surface area contributed by atoms with Gasteiger partial charge in [-0.2, -0.15) is 0 Å². The van der Waals surface area contributed by atoms with Crippen molar-refractivity contribution in [1.29, 1.82) is 0 Å². The zero-order chi connectivity index (χ0) is 10.2. The molecule has 0 heterocycles. The number of carbonyl (C=O) groups is 2. The Labute approximate surface area is 83.3 Å². The minimum Gasteiger partial charge on any atom is -0.302 e. The van der Waals surface area contributed by atoms with E-state index in [0.29, 0.717) is 19.6 Å². The molecule has 3 heteroatoms. The molecule has 0 unspecified atom stereocenters. The molecule has 0 aliphatic carbocycles. The molecule has 0 aromatic heterocycles. The fourth-order valence-electron chi connectivity index (χ4n) is 1.26. The number of rotatable bonds is 6. The Balaban J connectivity index is 2.54. The predicted molar refractivity (Wildman–Crippen MR) is 53.8 cm³/mol. The van der Waals surface area contributed by atoms with Gasteiger partial charge >= 0.3 is 0 Å². The van der Waals surface area contributed by atoms with Crippen LogP contribution in [0.5, 0.6) is 0 Å². The Kier molecular flexibility index (Phi) is 4.58. The van der Waals surface area contributed by atoms with Crippen LogP contribution in [-0.4, -0.2) is 30.6 Å². The molecule has 0 atom stereocenters. The normalized spacial score (nSPS) is 10.1. The summed E-state index contributed by atoms with van der Waals surface area (Å²) >= 11 is 0. The van der Waals surface area contributed by atoms with E-state index in [9.17, 15) is 9.59 Å². The second-order valence-electron chi connectivity index (χ2n) is 3.01. The number of benzene rings is 1. The Morgan fingerprint density at radius 2 is 1.57 bits per heavy atom. The third kappa shape index (κ3) is 3.49. The molecule has 0 aliphatic heterocycles. The van der Waals surface area contributed by atoms with Crippen LogP contribution in [0.1, 0.15) is 5.56 Å². The van der Waals surface area contributed by atoms with Gasteiger partial charge in [-0.05, 0) is 5.56 Å². The maximum absolute atomic E-state index is 10.3. The van der Waals surface area contributed by atoms with E-state index in [0.717, 1.165) is 18.1 Å². The molecule has 0 bridgehead atoms. The topological polar surface area (TPSA) is 37.4 Å². The first-order valence-corrected chi connectivity index (χ1v) is 4.50. The summed E-state index contributed by atoms with van der Waals surface area (Å²) in [5, 5.41) is 0. The van der Waals surface area contributed by atoms with Gasteiger partial charge in [-0.1, -0.05) is 30.3 Å². The van der Waals surface area contributed by atoms with Crippen molar-refractivity contribution in [1.82, 2.24) is 4.90 Å². The van der Waals surface area contributed by atoms with Crippen LogP contribution in [-0.2, 0) is 16.1 Å². The summed E-state index contributed by atoms with van der Waals surface area (Å²) in [5.41, 5.74) is 1.11. The Morgan fingerprint density at radius 3 is 2.07 bits per heavy atom. The highest BCUT2D eigenvalue weighted by atomic mass is 16.1. The number of aldehydes is 2. The second-order valence-corrected chi connectivity index (χ2v) is 3.01. The van der Waals surface area contributed by atoms with Crippen molar-refractivity contribution in [3.8, 4) is 0 Å². The monoisotopic (exact) mass is 191 g/mol. The van der Waals surface area contributed by atoms with E-state index >= 15 is 0 Å². The number of nitrogens with zero attached hydrogens (tertiary/aromatic N) is 1. The largest absolute Gasteiger partial charge is 0.302 e. The lowest BCUT2D eigenvalue weighted by Crippen LogP contribution is -2.27. The van der Waals surface area contributed by atoms with E-state index in [2.05, 4.69) is 0 Å². The lowest BCUT2D eigenvalue weighted by molar-refractivity contribution is -0.111. The van der Waals surface area contributed by atoms with Gasteiger partial charge in [-0.25, -0.2) is 0 Å². The highest BCUT2D eigenvalue weighted by Crippen LogP contribution is 2.02. The van der Waals surface area contributed by atoms with E-state index in [1.807, 2.05) is 30.3 Å². The first kappa shape index (κ1) is 10.6. The van der Waals surface area contributed by atoms with Crippen LogP contribution in [0.25, 0.3) is 0 Å². The van der Waals surface area contributed by atoms with E-state index < -0.39 is 0 Å². The van der Waals surface area contributed by atoms with Gasteiger partial charge in [-0.3, -0.25) is 4.90 Å². The first-order chi connectivity index (χ1) is 6.86. The molecule has 0 N–H and O–H groups in total. The third-order valence-electron chi connectivity index (χ3n) is 1.91. The lowest BCUT2D eigenvalue weighted by Gasteiger charge is -2.16. The van der Waals surface area contributed by atoms with Crippen LogP contribution in [0.4, 0.5) is 0 Å². The molecule has 0 fully saturated rings. The summed E-state index contributed by atoms with van der Waals surface area (Å²) in [6.07, 6.45) is 1.62. The molecule has 0 saturated carbocycles. The van der Waals surface area contributed by atoms with Gasteiger partial charge in [0.25, 0.3) is 0 Å². The number of hydrogen-bond acceptors (Lipinski definition) is 3. The molecule has 14 heavy (non-hydrogen) atoms. The second kappa shape index (κ2) is 6.05. The van der Waals surface area contributed by atoms with Gasteiger partial charge in [0, 0.05) is 6.54 Å². The minimum absolute atomic E-state index is 0.299. The SMILES string of the molecule is O=CCN(CC=O)Cc1ccccc1. The van der Waals surface area contributed by atoms with Gasteiger partial charge in [0.2, 0.25) is 0 Å². The molecule has 3 nitrogen and oxygen atoms in total. The number of carbonyl (C=O) groups excluding carboxylic acids is 2.